The Hall–Kier alpha value is -0.220. The van der Waals surface area contributed by atoms with Crippen molar-refractivity contribution in [3.05, 3.63) is 34.9 Å². The molecule has 1 aromatic rings. The summed E-state index contributed by atoms with van der Waals surface area (Å²) < 4.78 is 0. The van der Waals surface area contributed by atoms with E-state index in [2.05, 4.69) is 31.0 Å². The number of hydrogen-bond acceptors (Lipinski definition) is 3. The van der Waals surface area contributed by atoms with Gasteiger partial charge < -0.3 is 5.73 Å². The second-order valence-electron chi connectivity index (χ2n) is 5.25. The molecule has 106 valence electrons. The highest BCUT2D eigenvalue weighted by Crippen LogP contribution is 2.31. The van der Waals surface area contributed by atoms with E-state index >= 15 is 0 Å². The molecule has 4 heteroatoms. The van der Waals surface area contributed by atoms with Gasteiger partial charge in [0.05, 0.1) is 0 Å². The van der Waals surface area contributed by atoms with Gasteiger partial charge >= 0.3 is 0 Å². The van der Waals surface area contributed by atoms with Crippen molar-refractivity contribution in [3.8, 4) is 0 Å². The molecular formula is C15H23ClN2S. The van der Waals surface area contributed by atoms with E-state index in [0.29, 0.717) is 6.04 Å². The van der Waals surface area contributed by atoms with Crippen molar-refractivity contribution < 1.29 is 0 Å². The predicted octanol–water partition coefficient (Wildman–Crippen LogP) is 3.56. The zero-order valence-electron chi connectivity index (χ0n) is 11.7. The summed E-state index contributed by atoms with van der Waals surface area (Å²) in [5.41, 5.74) is 7.65. The highest BCUT2D eigenvalue weighted by molar-refractivity contribution is 7.99. The Kier molecular flexibility index (Phi) is 5.58. The fourth-order valence-electron chi connectivity index (χ4n) is 2.74. The van der Waals surface area contributed by atoms with Crippen LogP contribution in [0.25, 0.3) is 0 Å². The van der Waals surface area contributed by atoms with Crippen LogP contribution in [0.2, 0.25) is 5.02 Å². The second kappa shape index (κ2) is 6.98. The minimum atomic E-state index is 0.164. The van der Waals surface area contributed by atoms with Gasteiger partial charge in [-0.3, -0.25) is 4.90 Å². The van der Waals surface area contributed by atoms with Crippen LogP contribution in [0, 0.1) is 0 Å². The molecule has 0 radical (unpaired) electrons. The molecular weight excluding hydrogens is 276 g/mol. The lowest BCUT2D eigenvalue weighted by Gasteiger charge is -2.36. The van der Waals surface area contributed by atoms with Crippen molar-refractivity contribution in [2.24, 2.45) is 5.73 Å². The third-order valence-electron chi connectivity index (χ3n) is 4.01. The maximum Gasteiger partial charge on any atom is 0.0499 e. The fourth-order valence-corrected chi connectivity index (χ4v) is 4.14. The van der Waals surface area contributed by atoms with Crippen LogP contribution in [0.3, 0.4) is 0 Å². The normalized spacial score (nSPS) is 22.7. The van der Waals surface area contributed by atoms with Crippen LogP contribution >= 0.6 is 23.4 Å². The summed E-state index contributed by atoms with van der Waals surface area (Å²) in [5, 5.41) is 0.784. The maximum absolute atomic E-state index is 6.37. The number of halogens is 1. The Bertz CT molecular complexity index is 390. The standard InChI is InChI=1S/C15H23ClN2S/c1-3-14(17)15(11-4-6-12(16)7-5-11)18(2)13-8-9-19-10-13/h4-7,13-15H,3,8-10,17H2,1-2H3. The first-order valence-corrected chi connectivity index (χ1v) is 8.47. The number of hydrogen-bond donors (Lipinski definition) is 1. The lowest BCUT2D eigenvalue weighted by atomic mass is 9.95. The third-order valence-corrected chi connectivity index (χ3v) is 5.41. The summed E-state index contributed by atoms with van der Waals surface area (Å²) in [5.74, 6) is 2.49. The molecule has 3 unspecified atom stereocenters. The number of nitrogens with zero attached hydrogens (tertiary/aromatic N) is 1. The molecule has 19 heavy (non-hydrogen) atoms. The summed E-state index contributed by atoms with van der Waals surface area (Å²) in [6, 6.07) is 9.24. The SMILES string of the molecule is CCC(N)C(c1ccc(Cl)cc1)N(C)C1CCSC1. The summed E-state index contributed by atoms with van der Waals surface area (Å²) in [7, 11) is 2.21. The molecule has 1 aromatic carbocycles. The van der Waals surface area contributed by atoms with Crippen LogP contribution in [0.4, 0.5) is 0 Å². The van der Waals surface area contributed by atoms with Gasteiger partial charge in [-0.2, -0.15) is 11.8 Å². The quantitative estimate of drug-likeness (QED) is 0.901. The summed E-state index contributed by atoms with van der Waals surface area (Å²) in [6.07, 6.45) is 2.25. The zero-order chi connectivity index (χ0) is 13.8. The van der Waals surface area contributed by atoms with Crippen molar-refractivity contribution in [2.45, 2.75) is 37.9 Å². The summed E-state index contributed by atoms with van der Waals surface area (Å²) >= 11 is 8.03. The maximum atomic E-state index is 6.37. The molecule has 0 amide bonds. The second-order valence-corrected chi connectivity index (χ2v) is 6.84. The van der Waals surface area contributed by atoms with Gasteiger partial charge in [-0.25, -0.2) is 0 Å². The number of nitrogens with two attached hydrogens (primary N) is 1. The Morgan fingerprint density at radius 3 is 2.63 bits per heavy atom. The molecule has 0 aliphatic carbocycles. The van der Waals surface area contributed by atoms with E-state index in [1.807, 2.05) is 23.9 Å². The van der Waals surface area contributed by atoms with E-state index in [4.69, 9.17) is 17.3 Å². The van der Waals surface area contributed by atoms with E-state index in [9.17, 15) is 0 Å². The van der Waals surface area contributed by atoms with Crippen molar-refractivity contribution in [2.75, 3.05) is 18.6 Å². The molecule has 0 saturated carbocycles. The molecule has 1 heterocycles. The highest BCUT2D eigenvalue weighted by atomic mass is 35.5. The van der Waals surface area contributed by atoms with Gasteiger partial charge in [0.15, 0.2) is 0 Å². The highest BCUT2D eigenvalue weighted by Gasteiger charge is 2.30. The van der Waals surface area contributed by atoms with Crippen LogP contribution < -0.4 is 5.73 Å². The van der Waals surface area contributed by atoms with E-state index in [1.54, 1.807) is 0 Å². The molecule has 2 N–H and O–H groups in total. The molecule has 2 rings (SSSR count). The van der Waals surface area contributed by atoms with E-state index in [1.165, 1.54) is 23.5 Å². The molecule has 0 spiro atoms. The Balaban J connectivity index is 2.21. The van der Waals surface area contributed by atoms with Gasteiger partial charge in [0.2, 0.25) is 0 Å². The average Bonchev–Trinajstić information content (AvgIpc) is 2.95. The molecule has 0 aromatic heterocycles. The van der Waals surface area contributed by atoms with Gasteiger partial charge in [-0.05, 0) is 43.3 Å². The molecule has 1 fully saturated rings. The topological polar surface area (TPSA) is 29.3 Å². The van der Waals surface area contributed by atoms with Gasteiger partial charge in [0, 0.05) is 28.9 Å². The summed E-state index contributed by atoms with van der Waals surface area (Å²) in [4.78, 5) is 2.47. The largest absolute Gasteiger partial charge is 0.326 e. The Morgan fingerprint density at radius 1 is 1.42 bits per heavy atom. The number of likely N-dealkylation sites (N-methyl/N-ethyl adjacent to an activating group) is 1. The minimum absolute atomic E-state index is 0.164. The van der Waals surface area contributed by atoms with Gasteiger partial charge in [0.25, 0.3) is 0 Å². The lowest BCUT2D eigenvalue weighted by Crippen LogP contribution is -2.44. The average molecular weight is 299 g/mol. The third kappa shape index (κ3) is 3.66. The number of thioether (sulfide) groups is 1. The molecule has 1 aliphatic rings. The first-order valence-electron chi connectivity index (χ1n) is 6.94. The molecule has 1 aliphatic heterocycles. The molecule has 2 nitrogen and oxygen atoms in total. The van der Waals surface area contributed by atoms with E-state index < -0.39 is 0 Å². The smallest absolute Gasteiger partial charge is 0.0499 e. The zero-order valence-corrected chi connectivity index (χ0v) is 13.3. The van der Waals surface area contributed by atoms with Crippen molar-refractivity contribution in [3.63, 3.8) is 0 Å². The van der Waals surface area contributed by atoms with Crippen LogP contribution in [0.5, 0.6) is 0 Å². The Morgan fingerprint density at radius 2 is 2.11 bits per heavy atom. The van der Waals surface area contributed by atoms with Crippen molar-refractivity contribution in [1.82, 2.24) is 4.90 Å². The molecule has 1 saturated heterocycles. The van der Waals surface area contributed by atoms with E-state index in [0.717, 1.165) is 11.4 Å². The fraction of sp³-hybridized carbons (Fsp3) is 0.600. The summed E-state index contributed by atoms with van der Waals surface area (Å²) in [6.45, 7) is 2.16. The van der Waals surface area contributed by atoms with Crippen LogP contribution in [-0.2, 0) is 0 Å². The van der Waals surface area contributed by atoms with Crippen LogP contribution in [-0.4, -0.2) is 35.5 Å². The number of benzene rings is 1. The minimum Gasteiger partial charge on any atom is -0.326 e. The molecule has 0 bridgehead atoms. The van der Waals surface area contributed by atoms with Crippen molar-refractivity contribution >= 4 is 23.4 Å². The van der Waals surface area contributed by atoms with Gasteiger partial charge in [-0.1, -0.05) is 30.7 Å². The lowest BCUT2D eigenvalue weighted by molar-refractivity contribution is 0.161. The van der Waals surface area contributed by atoms with Crippen LogP contribution in [0.15, 0.2) is 24.3 Å². The van der Waals surface area contributed by atoms with Crippen LogP contribution in [0.1, 0.15) is 31.4 Å². The number of rotatable bonds is 5. The van der Waals surface area contributed by atoms with Gasteiger partial charge in [-0.15, -0.1) is 0 Å². The van der Waals surface area contributed by atoms with Crippen molar-refractivity contribution in [1.29, 1.82) is 0 Å². The Labute approximate surface area is 125 Å². The molecule has 3 atom stereocenters. The predicted molar refractivity (Wildman–Crippen MR) is 86.0 cm³/mol. The monoisotopic (exact) mass is 298 g/mol. The first kappa shape index (κ1) is 15.2. The van der Waals surface area contributed by atoms with Gasteiger partial charge in [0.1, 0.15) is 0 Å². The first-order chi connectivity index (χ1) is 9.13. The van der Waals surface area contributed by atoms with E-state index in [-0.39, 0.29) is 12.1 Å².